The highest BCUT2D eigenvalue weighted by Crippen LogP contribution is 2.13. The van der Waals surface area contributed by atoms with E-state index in [0.717, 1.165) is 0 Å². The van der Waals surface area contributed by atoms with Crippen molar-refractivity contribution in [2.75, 3.05) is 6.54 Å². The Morgan fingerprint density at radius 3 is 2.25 bits per heavy atom. The molecular weight excluding hydrogens is 170 g/mol. The van der Waals surface area contributed by atoms with E-state index in [-0.39, 0.29) is 13.0 Å². The van der Waals surface area contributed by atoms with Gasteiger partial charge in [0.05, 0.1) is 0 Å². The minimum Gasteiger partial charge on any atom is -0.480 e. The van der Waals surface area contributed by atoms with E-state index in [4.69, 9.17) is 16.6 Å². The summed E-state index contributed by atoms with van der Waals surface area (Å²) in [6.07, 6.45) is -2.90. The van der Waals surface area contributed by atoms with E-state index in [1.165, 1.54) is 0 Å². The van der Waals surface area contributed by atoms with Gasteiger partial charge >= 0.3 is 5.97 Å². The molecule has 0 amide bonds. The SMILES string of the molecule is NCC(CC(N)C(=O)O)C(F)F. The molecule has 2 unspecified atom stereocenters. The quantitative estimate of drug-likeness (QED) is 0.541. The third-order valence-corrected chi connectivity index (χ3v) is 1.53. The van der Waals surface area contributed by atoms with E-state index in [2.05, 4.69) is 0 Å². The van der Waals surface area contributed by atoms with Gasteiger partial charge in [-0.05, 0) is 6.42 Å². The van der Waals surface area contributed by atoms with Crippen LogP contribution in [0.15, 0.2) is 0 Å². The fourth-order valence-corrected chi connectivity index (χ4v) is 0.729. The summed E-state index contributed by atoms with van der Waals surface area (Å²) in [5.74, 6) is -2.41. The summed E-state index contributed by atoms with van der Waals surface area (Å²) in [5.41, 5.74) is 10.0. The molecule has 0 rings (SSSR count). The monoisotopic (exact) mass is 182 g/mol. The highest BCUT2D eigenvalue weighted by atomic mass is 19.3. The van der Waals surface area contributed by atoms with Crippen molar-refractivity contribution in [1.82, 2.24) is 0 Å². The molecule has 6 heteroatoms. The van der Waals surface area contributed by atoms with Crippen molar-refractivity contribution in [1.29, 1.82) is 0 Å². The average molecular weight is 182 g/mol. The van der Waals surface area contributed by atoms with Crippen LogP contribution in [0.4, 0.5) is 8.78 Å². The third-order valence-electron chi connectivity index (χ3n) is 1.53. The molecule has 0 aliphatic heterocycles. The Balaban J connectivity index is 3.93. The van der Waals surface area contributed by atoms with Crippen LogP contribution in [0.3, 0.4) is 0 Å². The normalized spacial score (nSPS) is 16.1. The standard InChI is InChI=1S/C6H12F2N2O2/c7-5(8)3(2-9)1-4(10)6(11)12/h3-5H,1-2,9-10H2,(H,11,12). The van der Waals surface area contributed by atoms with Crippen molar-refractivity contribution in [3.63, 3.8) is 0 Å². The Bertz CT molecular complexity index is 154. The predicted molar refractivity (Wildman–Crippen MR) is 38.8 cm³/mol. The Kier molecular flexibility index (Phi) is 4.68. The van der Waals surface area contributed by atoms with Gasteiger partial charge in [-0.15, -0.1) is 0 Å². The highest BCUT2D eigenvalue weighted by Gasteiger charge is 2.24. The van der Waals surface area contributed by atoms with Gasteiger partial charge in [-0.1, -0.05) is 0 Å². The molecule has 0 aromatic rings. The van der Waals surface area contributed by atoms with E-state index in [0.29, 0.717) is 0 Å². The van der Waals surface area contributed by atoms with Gasteiger partial charge in [-0.25, -0.2) is 8.78 Å². The van der Waals surface area contributed by atoms with Crippen LogP contribution in [0.5, 0.6) is 0 Å². The lowest BCUT2D eigenvalue weighted by molar-refractivity contribution is -0.139. The van der Waals surface area contributed by atoms with Crippen LogP contribution in [0, 0.1) is 5.92 Å². The van der Waals surface area contributed by atoms with Gasteiger partial charge in [0.1, 0.15) is 6.04 Å². The van der Waals surface area contributed by atoms with Crippen LogP contribution in [0.2, 0.25) is 0 Å². The molecular formula is C6H12F2N2O2. The van der Waals surface area contributed by atoms with Gasteiger partial charge < -0.3 is 16.6 Å². The zero-order valence-electron chi connectivity index (χ0n) is 6.41. The van der Waals surface area contributed by atoms with Crippen molar-refractivity contribution in [2.24, 2.45) is 17.4 Å². The molecule has 0 heterocycles. The molecule has 0 radical (unpaired) electrons. The maximum atomic E-state index is 12.0. The Morgan fingerprint density at radius 2 is 2.00 bits per heavy atom. The molecule has 0 spiro atoms. The van der Waals surface area contributed by atoms with Crippen LogP contribution in [0.1, 0.15) is 6.42 Å². The molecule has 5 N–H and O–H groups in total. The van der Waals surface area contributed by atoms with Crippen molar-refractivity contribution in [2.45, 2.75) is 18.9 Å². The molecule has 72 valence electrons. The maximum Gasteiger partial charge on any atom is 0.320 e. The van der Waals surface area contributed by atoms with Crippen molar-refractivity contribution in [3.05, 3.63) is 0 Å². The van der Waals surface area contributed by atoms with Crippen molar-refractivity contribution in [3.8, 4) is 0 Å². The number of carbonyl (C=O) groups is 1. The summed E-state index contributed by atoms with van der Waals surface area (Å²) in [7, 11) is 0. The molecule has 4 nitrogen and oxygen atoms in total. The second kappa shape index (κ2) is 5.00. The van der Waals surface area contributed by atoms with E-state index in [1.807, 2.05) is 0 Å². The summed E-state index contributed by atoms with van der Waals surface area (Å²) in [5, 5.41) is 8.30. The van der Waals surface area contributed by atoms with Crippen LogP contribution >= 0.6 is 0 Å². The molecule has 0 aliphatic carbocycles. The first kappa shape index (κ1) is 11.2. The van der Waals surface area contributed by atoms with Crippen molar-refractivity contribution < 1.29 is 18.7 Å². The van der Waals surface area contributed by atoms with E-state index < -0.39 is 24.4 Å². The first-order valence-electron chi connectivity index (χ1n) is 3.45. The highest BCUT2D eigenvalue weighted by molar-refractivity contribution is 5.73. The molecule has 0 saturated heterocycles. The molecule has 0 bridgehead atoms. The van der Waals surface area contributed by atoms with E-state index >= 15 is 0 Å². The minimum atomic E-state index is -2.61. The number of hydrogen-bond acceptors (Lipinski definition) is 3. The fraction of sp³-hybridized carbons (Fsp3) is 0.833. The first-order valence-corrected chi connectivity index (χ1v) is 3.45. The molecule has 0 aliphatic rings. The Labute approximate surface area is 68.5 Å². The summed E-state index contributed by atoms with van der Waals surface area (Å²) in [6, 6.07) is -1.26. The zero-order valence-corrected chi connectivity index (χ0v) is 6.41. The number of carboxylic acid groups (broad SMARTS) is 1. The minimum absolute atomic E-state index is 0.251. The summed E-state index contributed by atoms with van der Waals surface area (Å²) < 4.78 is 24.0. The summed E-state index contributed by atoms with van der Waals surface area (Å²) >= 11 is 0. The average Bonchev–Trinajstić information content (AvgIpc) is 1.98. The van der Waals surface area contributed by atoms with Gasteiger partial charge in [-0.3, -0.25) is 4.79 Å². The number of nitrogens with two attached hydrogens (primary N) is 2. The number of carboxylic acids is 1. The number of halogens is 2. The lowest BCUT2D eigenvalue weighted by atomic mass is 10.0. The topological polar surface area (TPSA) is 89.3 Å². The largest absolute Gasteiger partial charge is 0.480 e. The second-order valence-electron chi connectivity index (χ2n) is 2.51. The smallest absolute Gasteiger partial charge is 0.320 e. The summed E-state index contributed by atoms with van der Waals surface area (Å²) in [6.45, 7) is -0.251. The summed E-state index contributed by atoms with van der Waals surface area (Å²) in [4.78, 5) is 10.2. The molecule has 0 aromatic heterocycles. The lowest BCUT2D eigenvalue weighted by Gasteiger charge is -2.15. The van der Waals surface area contributed by atoms with E-state index in [1.54, 1.807) is 0 Å². The number of alkyl halides is 2. The number of rotatable bonds is 5. The van der Waals surface area contributed by atoms with Gasteiger partial charge in [0, 0.05) is 12.5 Å². The Hall–Kier alpha value is -0.750. The van der Waals surface area contributed by atoms with Gasteiger partial charge in [-0.2, -0.15) is 0 Å². The molecule has 0 fully saturated rings. The molecule has 0 aromatic carbocycles. The van der Waals surface area contributed by atoms with Crippen molar-refractivity contribution >= 4 is 5.97 Å². The van der Waals surface area contributed by atoms with Gasteiger partial charge in [0.25, 0.3) is 0 Å². The third kappa shape index (κ3) is 3.59. The van der Waals surface area contributed by atoms with Crippen LogP contribution < -0.4 is 11.5 Å². The molecule has 0 saturated carbocycles. The molecule has 2 atom stereocenters. The van der Waals surface area contributed by atoms with Crippen LogP contribution in [0.25, 0.3) is 0 Å². The fourth-order valence-electron chi connectivity index (χ4n) is 0.729. The number of hydrogen-bond donors (Lipinski definition) is 3. The molecule has 12 heavy (non-hydrogen) atoms. The number of aliphatic carboxylic acids is 1. The van der Waals surface area contributed by atoms with E-state index in [9.17, 15) is 13.6 Å². The lowest BCUT2D eigenvalue weighted by Crippen LogP contribution is -2.36. The predicted octanol–water partition coefficient (Wildman–Crippen LogP) is -0.372. The first-order chi connectivity index (χ1) is 5.49. The Morgan fingerprint density at radius 1 is 1.50 bits per heavy atom. The van der Waals surface area contributed by atoms with Crippen LogP contribution in [-0.2, 0) is 4.79 Å². The van der Waals surface area contributed by atoms with Gasteiger partial charge in [0.2, 0.25) is 6.43 Å². The second-order valence-corrected chi connectivity index (χ2v) is 2.51. The maximum absolute atomic E-state index is 12.0. The van der Waals surface area contributed by atoms with Gasteiger partial charge in [0.15, 0.2) is 0 Å². The zero-order chi connectivity index (χ0) is 9.72. The van der Waals surface area contributed by atoms with Crippen LogP contribution in [-0.4, -0.2) is 30.1 Å².